The molecule has 0 fully saturated rings. The Morgan fingerprint density at radius 1 is 1.28 bits per heavy atom. The molecule has 1 atom stereocenters. The van der Waals surface area contributed by atoms with E-state index in [4.69, 9.17) is 4.74 Å². The van der Waals surface area contributed by atoms with Crippen LogP contribution in [0, 0.1) is 6.92 Å². The molecule has 1 aliphatic heterocycles. The van der Waals surface area contributed by atoms with Crippen molar-refractivity contribution >= 4 is 33.0 Å². The normalized spacial score (nSPS) is 14.5. The van der Waals surface area contributed by atoms with Crippen LogP contribution in [0.4, 0.5) is 5.69 Å². The first-order valence-electron chi connectivity index (χ1n) is 9.82. The Morgan fingerprint density at radius 2 is 2.12 bits per heavy atom. The highest BCUT2D eigenvalue weighted by Gasteiger charge is 2.27. The standard InChI is InChI=1S/C20H19N7O4S/c1-11-3-4-12-6-15(32-14(12)5-11)13(28)7-27-23-16(22-24-27)8-26-10-21-19-18(20(26)30)25(2)17(29)9-31-19/h3-6,10,13,28H,7-9H2,1-2H3/t13-/m0/s1. The van der Waals surface area contributed by atoms with E-state index in [0.717, 1.165) is 20.5 Å². The average Bonchev–Trinajstić information content (AvgIpc) is 3.39. The second kappa shape index (κ2) is 7.80. The van der Waals surface area contributed by atoms with Crippen molar-refractivity contribution in [2.45, 2.75) is 26.1 Å². The van der Waals surface area contributed by atoms with Crippen LogP contribution in [-0.2, 0) is 17.9 Å². The number of aryl methyl sites for hydroxylation is 1. The van der Waals surface area contributed by atoms with E-state index in [9.17, 15) is 14.7 Å². The highest BCUT2D eigenvalue weighted by atomic mass is 32.1. The lowest BCUT2D eigenvalue weighted by Gasteiger charge is -2.24. The van der Waals surface area contributed by atoms with E-state index in [-0.39, 0.29) is 43.0 Å². The van der Waals surface area contributed by atoms with Crippen LogP contribution in [0.1, 0.15) is 22.4 Å². The molecular formula is C20H19N7O4S. The Kier molecular flexibility index (Phi) is 4.94. The molecule has 164 valence electrons. The molecule has 5 rings (SSSR count). The zero-order valence-electron chi connectivity index (χ0n) is 17.3. The number of tetrazole rings is 1. The summed E-state index contributed by atoms with van der Waals surface area (Å²) in [4.78, 5) is 32.1. The van der Waals surface area contributed by atoms with Crippen molar-refractivity contribution in [3.8, 4) is 5.88 Å². The Labute approximate surface area is 185 Å². The van der Waals surface area contributed by atoms with Gasteiger partial charge in [-0.05, 0) is 35.2 Å². The lowest BCUT2D eigenvalue weighted by molar-refractivity contribution is -0.121. The number of rotatable bonds is 5. The van der Waals surface area contributed by atoms with E-state index in [0.29, 0.717) is 0 Å². The van der Waals surface area contributed by atoms with E-state index in [1.165, 1.54) is 39.0 Å². The van der Waals surface area contributed by atoms with E-state index in [1.54, 1.807) is 0 Å². The molecule has 0 radical (unpaired) electrons. The third kappa shape index (κ3) is 3.63. The highest BCUT2D eigenvalue weighted by Crippen LogP contribution is 2.31. The first kappa shape index (κ1) is 20.3. The number of ether oxygens (including phenoxy) is 1. The van der Waals surface area contributed by atoms with Crippen molar-refractivity contribution in [3.63, 3.8) is 0 Å². The van der Waals surface area contributed by atoms with Gasteiger partial charge in [0.2, 0.25) is 5.88 Å². The van der Waals surface area contributed by atoms with Crippen molar-refractivity contribution in [2.75, 3.05) is 18.6 Å². The van der Waals surface area contributed by atoms with Crippen LogP contribution in [0.25, 0.3) is 10.1 Å². The van der Waals surface area contributed by atoms with Gasteiger partial charge in [-0.25, -0.2) is 4.98 Å². The molecule has 4 aromatic rings. The zero-order valence-corrected chi connectivity index (χ0v) is 18.1. The van der Waals surface area contributed by atoms with Gasteiger partial charge in [0.05, 0.1) is 13.1 Å². The quantitative estimate of drug-likeness (QED) is 0.472. The molecule has 32 heavy (non-hydrogen) atoms. The molecule has 1 amide bonds. The minimum atomic E-state index is -0.792. The number of anilines is 1. The van der Waals surface area contributed by atoms with Gasteiger partial charge in [0.1, 0.15) is 12.4 Å². The molecule has 0 unspecified atom stereocenters. The van der Waals surface area contributed by atoms with Crippen LogP contribution < -0.4 is 15.2 Å². The fourth-order valence-electron chi connectivity index (χ4n) is 3.46. The summed E-state index contributed by atoms with van der Waals surface area (Å²) in [5, 5.41) is 23.9. The molecule has 1 N–H and O–H groups in total. The molecule has 1 aliphatic rings. The van der Waals surface area contributed by atoms with Crippen molar-refractivity contribution in [1.29, 1.82) is 0 Å². The van der Waals surface area contributed by atoms with Crippen LogP contribution in [0.3, 0.4) is 0 Å². The number of aliphatic hydroxyl groups excluding tert-OH is 1. The SMILES string of the molecule is Cc1ccc2cc([C@@H](O)Cn3nnc(Cn4cnc5c(c4=O)N(C)C(=O)CO5)n3)sc2c1. The Morgan fingerprint density at radius 3 is 2.97 bits per heavy atom. The van der Waals surface area contributed by atoms with Gasteiger partial charge in [-0.2, -0.15) is 4.80 Å². The van der Waals surface area contributed by atoms with Gasteiger partial charge in [0.25, 0.3) is 11.5 Å². The summed E-state index contributed by atoms with van der Waals surface area (Å²) in [7, 11) is 1.50. The molecule has 1 aromatic carbocycles. The fraction of sp³-hybridized carbons (Fsp3) is 0.300. The van der Waals surface area contributed by atoms with Gasteiger partial charge in [-0.3, -0.25) is 14.2 Å². The number of hydrogen-bond acceptors (Lipinski definition) is 9. The predicted molar refractivity (Wildman–Crippen MR) is 116 cm³/mol. The molecule has 12 heteroatoms. The van der Waals surface area contributed by atoms with Crippen LogP contribution in [-0.4, -0.2) is 54.4 Å². The number of hydrogen-bond donors (Lipinski definition) is 1. The maximum atomic E-state index is 12.8. The number of likely N-dealkylation sites (N-methyl/N-ethyl adjacent to an activating group) is 1. The molecule has 0 saturated heterocycles. The van der Waals surface area contributed by atoms with Crippen molar-refractivity contribution in [2.24, 2.45) is 0 Å². The lowest BCUT2D eigenvalue weighted by Crippen LogP contribution is -2.41. The topological polar surface area (TPSA) is 128 Å². The molecule has 0 spiro atoms. The summed E-state index contributed by atoms with van der Waals surface area (Å²) in [6, 6.07) is 8.11. The summed E-state index contributed by atoms with van der Waals surface area (Å²) in [6.07, 6.45) is 0.527. The summed E-state index contributed by atoms with van der Waals surface area (Å²) in [5.74, 6) is 0.0638. The summed E-state index contributed by atoms with van der Waals surface area (Å²) < 4.78 is 7.61. The maximum Gasteiger partial charge on any atom is 0.281 e. The second-order valence-corrected chi connectivity index (χ2v) is 8.65. The average molecular weight is 453 g/mol. The van der Waals surface area contributed by atoms with Crippen molar-refractivity contribution in [3.05, 3.63) is 57.2 Å². The van der Waals surface area contributed by atoms with Crippen molar-refractivity contribution < 1.29 is 14.6 Å². The number of benzene rings is 1. The number of thiophene rings is 1. The third-order valence-electron chi connectivity index (χ3n) is 5.19. The predicted octanol–water partition coefficient (Wildman–Crippen LogP) is 0.890. The smallest absolute Gasteiger partial charge is 0.281 e. The Balaban J connectivity index is 1.33. The van der Waals surface area contributed by atoms with Gasteiger partial charge in [-0.15, -0.1) is 21.5 Å². The summed E-state index contributed by atoms with van der Waals surface area (Å²) in [6.45, 7) is 2.01. The number of carbonyl (C=O) groups excluding carboxylic acids is 1. The fourth-order valence-corrected chi connectivity index (χ4v) is 4.60. The van der Waals surface area contributed by atoms with E-state index in [1.807, 2.05) is 25.1 Å². The number of aromatic nitrogens is 6. The maximum absolute atomic E-state index is 12.8. The largest absolute Gasteiger partial charge is 0.466 e. The number of aliphatic hydroxyl groups is 1. The van der Waals surface area contributed by atoms with E-state index in [2.05, 4.69) is 26.5 Å². The number of fused-ring (bicyclic) bond motifs is 2. The van der Waals surface area contributed by atoms with Gasteiger partial charge >= 0.3 is 0 Å². The van der Waals surface area contributed by atoms with Gasteiger partial charge < -0.3 is 14.7 Å². The highest BCUT2D eigenvalue weighted by molar-refractivity contribution is 7.19. The van der Waals surface area contributed by atoms with Crippen LogP contribution in [0.5, 0.6) is 5.88 Å². The minimum absolute atomic E-state index is 0.0133. The molecule has 0 bridgehead atoms. The minimum Gasteiger partial charge on any atom is -0.466 e. The number of carbonyl (C=O) groups is 1. The van der Waals surface area contributed by atoms with Crippen LogP contribution >= 0.6 is 11.3 Å². The first-order chi connectivity index (χ1) is 15.4. The molecule has 3 aromatic heterocycles. The second-order valence-electron chi connectivity index (χ2n) is 7.54. The van der Waals surface area contributed by atoms with E-state index < -0.39 is 11.7 Å². The lowest BCUT2D eigenvalue weighted by atomic mass is 10.2. The van der Waals surface area contributed by atoms with Gasteiger partial charge in [0, 0.05) is 16.6 Å². The van der Waals surface area contributed by atoms with Crippen molar-refractivity contribution in [1.82, 2.24) is 29.8 Å². The molecule has 11 nitrogen and oxygen atoms in total. The Bertz CT molecular complexity index is 1390. The number of nitrogens with zero attached hydrogens (tertiary/aromatic N) is 7. The van der Waals surface area contributed by atoms with Gasteiger partial charge in [-0.1, -0.05) is 12.1 Å². The summed E-state index contributed by atoms with van der Waals surface area (Å²) >= 11 is 1.53. The zero-order chi connectivity index (χ0) is 22.4. The van der Waals surface area contributed by atoms with E-state index >= 15 is 0 Å². The first-order valence-corrected chi connectivity index (χ1v) is 10.6. The third-order valence-corrected chi connectivity index (χ3v) is 6.39. The van der Waals surface area contributed by atoms with Gasteiger partial charge in [0.15, 0.2) is 18.1 Å². The van der Waals surface area contributed by atoms with Crippen LogP contribution in [0.2, 0.25) is 0 Å². The molecule has 0 saturated carbocycles. The number of amides is 1. The molecule has 4 heterocycles. The van der Waals surface area contributed by atoms with Crippen LogP contribution in [0.15, 0.2) is 35.4 Å². The monoisotopic (exact) mass is 453 g/mol. The molecule has 0 aliphatic carbocycles. The summed E-state index contributed by atoms with van der Waals surface area (Å²) in [5.41, 5.74) is 0.797. The molecular weight excluding hydrogens is 434 g/mol. The Hall–Kier alpha value is -3.64.